The molecule has 0 aliphatic carbocycles. The second-order valence-corrected chi connectivity index (χ2v) is 36.2. The average molecular weight is 1860 g/mol. The zero-order valence-electron chi connectivity index (χ0n) is 77.5. The highest BCUT2D eigenvalue weighted by molar-refractivity contribution is 6.13. The standard InChI is InChI=1S/C44H27N3O2.C43H26N4O2.C42H25N3O2/c1-3-11-28(12-4-1)36-27-37(29-13-5-2-6-14-29)46-44(45-36)47-38-18-10-9-17-34(38)35-21-19-32(23-39(35)47)33-20-22-40-41(26-33)49-43-25-31-16-8-7-15-30(31)24-42(43)48-40;1-3-11-27(12-4-1)41-44-42(28-13-5-2-6-14-28)46-43(45-41)47-35-18-10-9-17-33(35)34-21-19-31(23-36(34)47)32-20-22-37-38(26-32)49-40-25-30-16-8-7-15-29(30)24-39(40)48-37;1-2-10-26(11-3-1)41-33-15-6-8-16-34(33)43-42(44-41)45-35-17-9-7-14-31(35)32-20-18-29(22-36(32)45)30-19-21-37-38(25-30)47-40-24-28-13-5-4-12-27(28)23-39(40)46-37/h1-27H;1-26H;1-25H. The Morgan fingerprint density at radius 3 is 0.752 bits per heavy atom. The highest BCUT2D eigenvalue weighted by Gasteiger charge is 2.29. The maximum atomic E-state index is 6.44. The molecule has 0 spiro atoms. The molecule has 6 aromatic heterocycles. The molecule has 0 saturated carbocycles. The van der Waals surface area contributed by atoms with Gasteiger partial charge in [-0.2, -0.15) is 9.97 Å². The number of hydrogen-bond donors (Lipinski definition) is 0. The largest absolute Gasteiger partial charge is 0.449 e. The molecule has 3 aliphatic heterocycles. The van der Waals surface area contributed by atoms with Gasteiger partial charge in [0.2, 0.25) is 17.8 Å². The highest BCUT2D eigenvalue weighted by atomic mass is 16.6. The zero-order valence-corrected chi connectivity index (χ0v) is 77.5. The number of rotatable bonds is 11. The molecule has 9 heterocycles. The van der Waals surface area contributed by atoms with Crippen LogP contribution in [0.4, 0.5) is 0 Å². The number of nitrogens with zero attached hydrogens (tertiary/aromatic N) is 10. The lowest BCUT2D eigenvalue weighted by Gasteiger charge is -2.22. The lowest BCUT2D eigenvalue weighted by atomic mass is 10.0. The molecule has 3 aliphatic rings. The molecular formula is C129H78N10O6. The van der Waals surface area contributed by atoms with Gasteiger partial charge in [-0.3, -0.25) is 13.7 Å². The van der Waals surface area contributed by atoms with E-state index in [4.69, 9.17) is 63.3 Å². The number of aromatic nitrogens is 10. The number of ether oxygens (including phenoxy) is 6. The van der Waals surface area contributed by atoms with Gasteiger partial charge in [-0.25, -0.2) is 24.9 Å². The van der Waals surface area contributed by atoms with E-state index in [1.165, 1.54) is 0 Å². The van der Waals surface area contributed by atoms with Crippen molar-refractivity contribution in [3.63, 3.8) is 0 Å². The van der Waals surface area contributed by atoms with E-state index in [1.807, 2.05) is 224 Å². The van der Waals surface area contributed by atoms with Gasteiger partial charge in [-0.05, 0) is 187 Å². The quantitative estimate of drug-likeness (QED) is 0.120. The van der Waals surface area contributed by atoms with Crippen LogP contribution in [0.5, 0.6) is 69.0 Å². The Morgan fingerprint density at radius 1 is 0.145 bits per heavy atom. The van der Waals surface area contributed by atoms with Crippen LogP contribution in [-0.2, 0) is 0 Å². The van der Waals surface area contributed by atoms with Crippen LogP contribution in [0.25, 0.3) is 216 Å². The fourth-order valence-electron chi connectivity index (χ4n) is 20.4. The molecule has 0 N–H and O–H groups in total. The maximum Gasteiger partial charge on any atom is 0.238 e. The van der Waals surface area contributed by atoms with Gasteiger partial charge in [0, 0.05) is 65.5 Å². The Balaban J connectivity index is 0.000000106. The molecule has 0 amide bonds. The van der Waals surface area contributed by atoms with Crippen molar-refractivity contribution in [2.45, 2.75) is 0 Å². The first-order chi connectivity index (χ1) is 71.8. The summed E-state index contributed by atoms with van der Waals surface area (Å²) in [5.41, 5.74) is 20.9. The SMILES string of the molecule is c1ccc(-c2cc(-c3ccccc3)nc(-n3c4ccccc4c4ccc(-c5ccc6c(c5)Oc5cc7ccccc7cc5O6)cc43)n2)cc1.c1ccc(-c2nc(-c3ccccc3)nc(-n3c4ccccc4c4ccc(-c5ccc6c(c5)Oc5cc7ccccc7cc5O6)cc43)n2)cc1.c1ccc(-c2nc(-n3c4ccccc4c4ccc(-c5ccc6c(c5)Oc5cc7ccccc7cc5O6)cc43)nc3ccccc23)cc1. The van der Waals surface area contributed by atoms with Crippen molar-refractivity contribution in [2.75, 3.05) is 0 Å². The second kappa shape index (κ2) is 34.6. The molecule has 27 aromatic rings. The summed E-state index contributed by atoms with van der Waals surface area (Å²) in [6.45, 7) is 0. The lowest BCUT2D eigenvalue weighted by Crippen LogP contribution is -2.06. The summed E-state index contributed by atoms with van der Waals surface area (Å²) in [6, 6.07) is 162. The van der Waals surface area contributed by atoms with Gasteiger partial charge in [0.1, 0.15) is 0 Å². The molecular weight excluding hydrogens is 1790 g/mol. The molecule has 30 rings (SSSR count). The van der Waals surface area contributed by atoms with Gasteiger partial charge in [0.05, 0.1) is 55.7 Å². The van der Waals surface area contributed by atoms with E-state index in [2.05, 4.69) is 262 Å². The van der Waals surface area contributed by atoms with Gasteiger partial charge in [-0.15, -0.1) is 0 Å². The van der Waals surface area contributed by atoms with Crippen LogP contribution in [-0.4, -0.2) is 48.6 Å². The van der Waals surface area contributed by atoms with Crippen LogP contribution in [0, 0.1) is 0 Å². The van der Waals surface area contributed by atoms with Crippen molar-refractivity contribution in [3.8, 4) is 177 Å². The Kier molecular flexibility index (Phi) is 19.8. The van der Waals surface area contributed by atoms with E-state index in [9.17, 15) is 0 Å². The van der Waals surface area contributed by atoms with Crippen molar-refractivity contribution in [1.29, 1.82) is 0 Å². The molecule has 0 atom stereocenters. The summed E-state index contributed by atoms with van der Waals surface area (Å²) >= 11 is 0. The summed E-state index contributed by atoms with van der Waals surface area (Å²) in [5.74, 6) is 11.5. The normalized spacial score (nSPS) is 12.1. The predicted molar refractivity (Wildman–Crippen MR) is 580 cm³/mol. The molecule has 0 fully saturated rings. The molecule has 16 heteroatoms. The molecule has 16 nitrogen and oxygen atoms in total. The fourth-order valence-corrected chi connectivity index (χ4v) is 20.4. The van der Waals surface area contributed by atoms with Crippen molar-refractivity contribution < 1.29 is 28.4 Å². The van der Waals surface area contributed by atoms with Crippen LogP contribution in [0.3, 0.4) is 0 Å². The number of para-hydroxylation sites is 4. The molecule has 680 valence electrons. The minimum atomic E-state index is 0.557. The minimum Gasteiger partial charge on any atom is -0.449 e. The van der Waals surface area contributed by atoms with E-state index < -0.39 is 0 Å². The summed E-state index contributed by atoms with van der Waals surface area (Å²) in [6.07, 6.45) is 0. The van der Waals surface area contributed by atoms with Crippen LogP contribution < -0.4 is 28.4 Å². The minimum absolute atomic E-state index is 0.557. The van der Waals surface area contributed by atoms with Crippen LogP contribution in [0.15, 0.2) is 473 Å². The second-order valence-electron chi connectivity index (χ2n) is 36.2. The van der Waals surface area contributed by atoms with E-state index in [0.717, 1.165) is 198 Å². The van der Waals surface area contributed by atoms with Crippen molar-refractivity contribution in [3.05, 3.63) is 473 Å². The van der Waals surface area contributed by atoms with Crippen molar-refractivity contribution in [1.82, 2.24) is 48.6 Å². The summed E-state index contributed by atoms with van der Waals surface area (Å²) in [7, 11) is 0. The first kappa shape index (κ1) is 83.2. The summed E-state index contributed by atoms with van der Waals surface area (Å²) < 4.78 is 44.7. The summed E-state index contributed by atoms with van der Waals surface area (Å²) in [5, 5.41) is 14.5. The third-order valence-electron chi connectivity index (χ3n) is 27.4. The van der Waals surface area contributed by atoms with Crippen molar-refractivity contribution in [2.24, 2.45) is 0 Å². The maximum absolute atomic E-state index is 6.44. The van der Waals surface area contributed by atoms with Crippen LogP contribution >= 0.6 is 0 Å². The fraction of sp³-hybridized carbons (Fsp3) is 0. The number of benzene rings is 21. The van der Waals surface area contributed by atoms with E-state index in [0.29, 0.717) is 87.0 Å². The van der Waals surface area contributed by atoms with E-state index >= 15 is 0 Å². The van der Waals surface area contributed by atoms with Gasteiger partial charge < -0.3 is 28.4 Å². The average Bonchev–Trinajstić information content (AvgIpc) is 1.59. The van der Waals surface area contributed by atoms with Crippen LogP contribution in [0.1, 0.15) is 0 Å². The first-order valence-electron chi connectivity index (χ1n) is 48.2. The Labute approximate surface area is 830 Å². The van der Waals surface area contributed by atoms with Gasteiger partial charge in [-0.1, -0.05) is 352 Å². The number of hydrogen-bond acceptors (Lipinski definition) is 13. The molecule has 21 aromatic carbocycles. The van der Waals surface area contributed by atoms with Gasteiger partial charge in [0.15, 0.2) is 80.6 Å². The summed E-state index contributed by atoms with van der Waals surface area (Å²) in [4.78, 5) is 35.8. The van der Waals surface area contributed by atoms with E-state index in [-0.39, 0.29) is 0 Å². The van der Waals surface area contributed by atoms with E-state index in [1.54, 1.807) is 0 Å². The topological polar surface area (TPSA) is 160 Å². The third kappa shape index (κ3) is 15.0. The Hall–Kier alpha value is -20.0. The van der Waals surface area contributed by atoms with Gasteiger partial charge >= 0.3 is 0 Å². The molecule has 0 saturated heterocycles. The molecule has 0 bridgehead atoms. The first-order valence-corrected chi connectivity index (χ1v) is 48.2. The monoisotopic (exact) mass is 1860 g/mol. The Bertz CT molecular complexity index is 9440. The molecule has 0 unspecified atom stereocenters. The lowest BCUT2D eigenvalue weighted by molar-refractivity contribution is 0.360. The molecule has 0 radical (unpaired) electrons. The smallest absolute Gasteiger partial charge is 0.238 e. The predicted octanol–water partition coefficient (Wildman–Crippen LogP) is 33.8. The zero-order chi connectivity index (χ0) is 95.5. The molecule has 145 heavy (non-hydrogen) atoms. The van der Waals surface area contributed by atoms with Gasteiger partial charge in [0.25, 0.3) is 0 Å². The van der Waals surface area contributed by atoms with Crippen LogP contribution in [0.2, 0.25) is 0 Å². The van der Waals surface area contributed by atoms with Crippen molar-refractivity contribution >= 4 is 109 Å². The third-order valence-corrected chi connectivity index (χ3v) is 27.4. The Morgan fingerprint density at radius 2 is 0.400 bits per heavy atom. The number of fused-ring (bicyclic) bond motifs is 19. The highest BCUT2D eigenvalue weighted by Crippen LogP contribution is 2.53.